The van der Waals surface area contributed by atoms with Gasteiger partial charge in [0, 0.05) is 22.4 Å². The number of hydrogen-bond donors (Lipinski definition) is 1. The van der Waals surface area contributed by atoms with Crippen molar-refractivity contribution in [2.75, 3.05) is 6.61 Å². The van der Waals surface area contributed by atoms with E-state index >= 15 is 0 Å². The molecular weight excluding hydrogens is 230 g/mol. The first-order valence-corrected chi connectivity index (χ1v) is 5.08. The van der Waals surface area contributed by atoms with Crippen LogP contribution in [-0.2, 0) is 0 Å². The number of aliphatic hydroxyl groups is 1. The summed E-state index contributed by atoms with van der Waals surface area (Å²) in [6.45, 7) is 4.09. The molecule has 0 saturated carbocycles. The van der Waals surface area contributed by atoms with Crippen LogP contribution in [-0.4, -0.2) is 22.7 Å². The summed E-state index contributed by atoms with van der Waals surface area (Å²) in [6, 6.07) is 0.305. The summed E-state index contributed by atoms with van der Waals surface area (Å²) < 4.78 is 1.03. The van der Waals surface area contributed by atoms with Crippen molar-refractivity contribution in [3.8, 4) is 0 Å². The fourth-order valence-corrected chi connectivity index (χ4v) is 1.66. The van der Waals surface area contributed by atoms with Crippen molar-refractivity contribution in [1.82, 2.24) is 4.90 Å². The van der Waals surface area contributed by atoms with Crippen LogP contribution in [0.15, 0.2) is 34.6 Å². The predicted octanol–water partition coefficient (Wildman–Crippen LogP) is 2.38. The molecule has 1 rings (SSSR count). The molecule has 0 aliphatic carbocycles. The summed E-state index contributed by atoms with van der Waals surface area (Å²) >= 11 is 3.41. The van der Waals surface area contributed by atoms with Gasteiger partial charge in [-0.1, -0.05) is 12.2 Å². The second-order valence-corrected chi connectivity index (χ2v) is 3.87. The van der Waals surface area contributed by atoms with Gasteiger partial charge in [0.2, 0.25) is 0 Å². The van der Waals surface area contributed by atoms with Gasteiger partial charge in [-0.15, -0.1) is 0 Å². The van der Waals surface area contributed by atoms with Gasteiger partial charge in [0.05, 0.1) is 6.61 Å². The molecule has 0 aromatic carbocycles. The van der Waals surface area contributed by atoms with Crippen LogP contribution in [0.5, 0.6) is 0 Å². The van der Waals surface area contributed by atoms with E-state index in [4.69, 9.17) is 5.11 Å². The van der Waals surface area contributed by atoms with Gasteiger partial charge in [-0.05, 0) is 35.9 Å². The summed E-state index contributed by atoms with van der Waals surface area (Å²) in [5.74, 6) is 0. The third-order valence-corrected chi connectivity index (χ3v) is 2.53. The molecule has 1 unspecified atom stereocenters. The predicted molar refractivity (Wildman–Crippen MR) is 58.3 cm³/mol. The number of allylic oxidation sites excluding steroid dienone is 3. The van der Waals surface area contributed by atoms with E-state index in [1.54, 1.807) is 0 Å². The molecule has 3 heteroatoms. The quantitative estimate of drug-likeness (QED) is 0.806. The van der Waals surface area contributed by atoms with Gasteiger partial charge in [0.1, 0.15) is 0 Å². The summed E-state index contributed by atoms with van der Waals surface area (Å²) in [5, 5.41) is 9.10. The van der Waals surface area contributed by atoms with E-state index in [1.165, 1.54) is 0 Å². The Morgan fingerprint density at radius 2 is 2.46 bits per heavy atom. The molecule has 1 N–H and O–H groups in total. The van der Waals surface area contributed by atoms with Crippen molar-refractivity contribution in [2.45, 2.75) is 19.9 Å². The number of rotatable bonds is 2. The van der Waals surface area contributed by atoms with E-state index in [1.807, 2.05) is 30.2 Å². The molecule has 72 valence electrons. The Hall–Kier alpha value is -0.540. The van der Waals surface area contributed by atoms with Crippen molar-refractivity contribution in [2.24, 2.45) is 0 Å². The molecule has 13 heavy (non-hydrogen) atoms. The highest BCUT2D eigenvalue weighted by Crippen LogP contribution is 2.21. The van der Waals surface area contributed by atoms with Crippen LogP contribution >= 0.6 is 15.9 Å². The molecule has 0 radical (unpaired) electrons. The lowest BCUT2D eigenvalue weighted by atomic mass is 10.2. The van der Waals surface area contributed by atoms with E-state index in [-0.39, 0.29) is 6.61 Å². The van der Waals surface area contributed by atoms with Crippen LogP contribution in [0, 0.1) is 0 Å². The van der Waals surface area contributed by atoms with Crippen molar-refractivity contribution in [1.29, 1.82) is 0 Å². The maximum absolute atomic E-state index is 9.10. The Kier molecular flexibility index (Phi) is 3.75. The molecule has 0 aromatic rings. The Labute approximate surface area is 87.4 Å². The van der Waals surface area contributed by atoms with Gasteiger partial charge < -0.3 is 10.0 Å². The molecule has 0 amide bonds. The molecule has 1 heterocycles. The fourth-order valence-electron chi connectivity index (χ4n) is 1.28. The average Bonchev–Trinajstić information content (AvgIpc) is 2.13. The number of halogens is 1. The Balaban J connectivity index is 2.85. The second kappa shape index (κ2) is 4.63. The standard InChI is InChI=1S/C10H14BrNO/c1-3-10(7-13)12-6-9(11)5-4-8(12)2/h3-6,8,13H,7H2,1-2H3/b10-3-. The van der Waals surface area contributed by atoms with Crippen LogP contribution in [0.1, 0.15) is 13.8 Å². The Morgan fingerprint density at radius 1 is 1.77 bits per heavy atom. The van der Waals surface area contributed by atoms with Gasteiger partial charge in [0.15, 0.2) is 0 Å². The van der Waals surface area contributed by atoms with Gasteiger partial charge in [0.25, 0.3) is 0 Å². The first-order valence-electron chi connectivity index (χ1n) is 4.29. The van der Waals surface area contributed by atoms with Gasteiger partial charge >= 0.3 is 0 Å². The summed E-state index contributed by atoms with van der Waals surface area (Å²) in [7, 11) is 0. The summed E-state index contributed by atoms with van der Waals surface area (Å²) in [4.78, 5) is 2.05. The van der Waals surface area contributed by atoms with Gasteiger partial charge in [-0.25, -0.2) is 0 Å². The maximum atomic E-state index is 9.10. The number of aliphatic hydroxyl groups excluding tert-OH is 1. The van der Waals surface area contributed by atoms with Gasteiger partial charge in [-0.3, -0.25) is 0 Å². The lowest BCUT2D eigenvalue weighted by molar-refractivity contribution is 0.273. The largest absolute Gasteiger partial charge is 0.390 e. The molecule has 0 spiro atoms. The second-order valence-electron chi connectivity index (χ2n) is 2.96. The molecule has 1 aliphatic rings. The zero-order chi connectivity index (χ0) is 9.84. The van der Waals surface area contributed by atoms with Crippen molar-refractivity contribution in [3.63, 3.8) is 0 Å². The number of hydrogen-bond acceptors (Lipinski definition) is 2. The van der Waals surface area contributed by atoms with E-state index in [0.717, 1.165) is 10.2 Å². The first-order chi connectivity index (χ1) is 6.19. The molecule has 1 aliphatic heterocycles. The smallest absolute Gasteiger partial charge is 0.0829 e. The average molecular weight is 244 g/mol. The summed E-state index contributed by atoms with van der Waals surface area (Å²) in [5.41, 5.74) is 0.925. The third kappa shape index (κ3) is 2.45. The minimum Gasteiger partial charge on any atom is -0.390 e. The monoisotopic (exact) mass is 243 g/mol. The zero-order valence-corrected chi connectivity index (χ0v) is 9.45. The van der Waals surface area contributed by atoms with E-state index < -0.39 is 0 Å². The topological polar surface area (TPSA) is 23.5 Å². The Morgan fingerprint density at radius 3 is 3.00 bits per heavy atom. The van der Waals surface area contributed by atoms with E-state index in [2.05, 4.69) is 28.9 Å². The molecular formula is C10H14BrNO. The summed E-state index contributed by atoms with van der Waals surface area (Å²) in [6.07, 6.45) is 8.01. The zero-order valence-electron chi connectivity index (χ0n) is 7.87. The molecule has 2 nitrogen and oxygen atoms in total. The van der Waals surface area contributed by atoms with E-state index in [9.17, 15) is 0 Å². The molecule has 0 bridgehead atoms. The van der Waals surface area contributed by atoms with Crippen molar-refractivity contribution < 1.29 is 5.11 Å². The highest BCUT2D eigenvalue weighted by Gasteiger charge is 2.14. The molecule has 0 aromatic heterocycles. The minimum atomic E-state index is 0.0749. The van der Waals surface area contributed by atoms with Crippen LogP contribution in [0.4, 0.5) is 0 Å². The molecule has 1 atom stereocenters. The number of nitrogens with zero attached hydrogens (tertiary/aromatic N) is 1. The fraction of sp³-hybridized carbons (Fsp3) is 0.400. The lowest BCUT2D eigenvalue weighted by Crippen LogP contribution is -2.29. The molecule has 0 saturated heterocycles. The normalized spacial score (nSPS) is 23.4. The third-order valence-electron chi connectivity index (χ3n) is 2.06. The Bertz CT molecular complexity index is 268. The minimum absolute atomic E-state index is 0.0749. The van der Waals surface area contributed by atoms with E-state index in [0.29, 0.717) is 6.04 Å². The van der Waals surface area contributed by atoms with Gasteiger partial charge in [-0.2, -0.15) is 0 Å². The SMILES string of the molecule is C/C=C(/CO)N1C=C(Br)C=CC1C. The first kappa shape index (κ1) is 10.5. The van der Waals surface area contributed by atoms with Crippen LogP contribution in [0.3, 0.4) is 0 Å². The van der Waals surface area contributed by atoms with Crippen LogP contribution in [0.2, 0.25) is 0 Å². The molecule has 0 fully saturated rings. The van der Waals surface area contributed by atoms with Crippen molar-refractivity contribution >= 4 is 15.9 Å². The lowest BCUT2D eigenvalue weighted by Gasteiger charge is -2.29. The van der Waals surface area contributed by atoms with Crippen LogP contribution < -0.4 is 0 Å². The van der Waals surface area contributed by atoms with Crippen LogP contribution in [0.25, 0.3) is 0 Å². The maximum Gasteiger partial charge on any atom is 0.0829 e. The van der Waals surface area contributed by atoms with Crippen molar-refractivity contribution in [3.05, 3.63) is 34.6 Å². The highest BCUT2D eigenvalue weighted by atomic mass is 79.9. The highest BCUT2D eigenvalue weighted by molar-refractivity contribution is 9.11.